The summed E-state index contributed by atoms with van der Waals surface area (Å²) in [5.41, 5.74) is -1.70. The SMILES string of the molecule is N#Cc1cc(NC(=O)Cc2cccc(C(F)(F)F)c2F)cnc1Cl. The summed E-state index contributed by atoms with van der Waals surface area (Å²) in [6.45, 7) is 0. The van der Waals surface area contributed by atoms with Crippen LogP contribution in [0.2, 0.25) is 5.15 Å². The normalized spacial score (nSPS) is 11.0. The molecular weight excluding hydrogens is 350 g/mol. The highest BCUT2D eigenvalue weighted by Gasteiger charge is 2.34. The highest BCUT2D eigenvalue weighted by Crippen LogP contribution is 2.32. The van der Waals surface area contributed by atoms with Crippen LogP contribution in [-0.2, 0) is 17.4 Å². The van der Waals surface area contributed by atoms with E-state index in [2.05, 4.69) is 10.3 Å². The lowest BCUT2D eigenvalue weighted by molar-refractivity contribution is -0.140. The molecule has 0 aliphatic rings. The van der Waals surface area contributed by atoms with E-state index in [1.807, 2.05) is 0 Å². The van der Waals surface area contributed by atoms with E-state index in [9.17, 15) is 22.4 Å². The summed E-state index contributed by atoms with van der Waals surface area (Å²) in [7, 11) is 0. The number of hydrogen-bond acceptors (Lipinski definition) is 3. The number of amides is 1. The Bertz CT molecular complexity index is 830. The zero-order valence-corrected chi connectivity index (χ0v) is 12.5. The van der Waals surface area contributed by atoms with Crippen LogP contribution >= 0.6 is 11.6 Å². The third-order valence-corrected chi connectivity index (χ3v) is 3.28. The van der Waals surface area contributed by atoms with Gasteiger partial charge in [-0.1, -0.05) is 23.7 Å². The van der Waals surface area contributed by atoms with Gasteiger partial charge in [-0.3, -0.25) is 4.79 Å². The van der Waals surface area contributed by atoms with Crippen LogP contribution in [0.3, 0.4) is 0 Å². The van der Waals surface area contributed by atoms with Gasteiger partial charge in [-0.15, -0.1) is 0 Å². The minimum atomic E-state index is -4.85. The van der Waals surface area contributed by atoms with Gasteiger partial charge in [0.25, 0.3) is 0 Å². The van der Waals surface area contributed by atoms with Crippen molar-refractivity contribution >= 4 is 23.2 Å². The number of benzene rings is 1. The molecule has 1 N–H and O–H groups in total. The number of rotatable bonds is 3. The molecule has 9 heteroatoms. The largest absolute Gasteiger partial charge is 0.419 e. The van der Waals surface area contributed by atoms with Gasteiger partial charge in [-0.05, 0) is 17.7 Å². The number of alkyl halides is 3. The third-order valence-electron chi connectivity index (χ3n) is 2.98. The summed E-state index contributed by atoms with van der Waals surface area (Å²) in [5.74, 6) is -2.26. The molecule has 0 aliphatic heterocycles. The molecule has 0 radical (unpaired) electrons. The first kappa shape index (κ1) is 17.7. The molecule has 1 heterocycles. The molecular formula is C15H8ClF4N3O. The molecule has 1 aromatic heterocycles. The molecule has 24 heavy (non-hydrogen) atoms. The third kappa shape index (κ3) is 4.00. The standard InChI is InChI=1S/C15H8ClF4N3O/c16-14-9(6-21)4-10(7-22-14)23-12(24)5-8-2-1-3-11(13(8)17)15(18,19)20/h1-4,7H,5H2,(H,23,24). The first-order valence-corrected chi connectivity index (χ1v) is 6.80. The molecule has 0 atom stereocenters. The molecule has 0 saturated carbocycles. The molecule has 0 bridgehead atoms. The monoisotopic (exact) mass is 357 g/mol. The summed E-state index contributed by atoms with van der Waals surface area (Å²) >= 11 is 5.64. The highest BCUT2D eigenvalue weighted by molar-refractivity contribution is 6.30. The van der Waals surface area contributed by atoms with Crippen molar-refractivity contribution in [3.8, 4) is 6.07 Å². The molecule has 0 unspecified atom stereocenters. The van der Waals surface area contributed by atoms with Gasteiger partial charge in [0.1, 0.15) is 17.0 Å². The van der Waals surface area contributed by atoms with Gasteiger partial charge in [0, 0.05) is 0 Å². The van der Waals surface area contributed by atoms with Crippen molar-refractivity contribution < 1.29 is 22.4 Å². The number of anilines is 1. The quantitative estimate of drug-likeness (QED) is 0.668. The number of carbonyl (C=O) groups is 1. The molecule has 4 nitrogen and oxygen atoms in total. The fraction of sp³-hybridized carbons (Fsp3) is 0.133. The second-order valence-corrected chi connectivity index (χ2v) is 5.03. The predicted molar refractivity (Wildman–Crippen MR) is 77.7 cm³/mol. The van der Waals surface area contributed by atoms with Gasteiger partial charge >= 0.3 is 6.18 Å². The number of carbonyl (C=O) groups excluding carboxylic acids is 1. The van der Waals surface area contributed by atoms with E-state index in [0.717, 1.165) is 12.1 Å². The minimum Gasteiger partial charge on any atom is -0.324 e. The molecule has 1 amide bonds. The zero-order chi connectivity index (χ0) is 17.9. The maximum atomic E-state index is 13.9. The van der Waals surface area contributed by atoms with E-state index in [1.165, 1.54) is 12.3 Å². The molecule has 2 rings (SSSR count). The number of halogens is 5. The summed E-state index contributed by atoms with van der Waals surface area (Å²) in [5, 5.41) is 11.1. The van der Waals surface area contributed by atoms with E-state index in [0.29, 0.717) is 6.07 Å². The topological polar surface area (TPSA) is 65.8 Å². The second-order valence-electron chi connectivity index (χ2n) is 4.68. The van der Waals surface area contributed by atoms with Crippen LogP contribution in [0.1, 0.15) is 16.7 Å². The van der Waals surface area contributed by atoms with Crippen LogP contribution < -0.4 is 5.32 Å². The maximum absolute atomic E-state index is 13.9. The molecule has 0 fully saturated rings. The smallest absolute Gasteiger partial charge is 0.324 e. The zero-order valence-electron chi connectivity index (χ0n) is 11.8. The average molecular weight is 358 g/mol. The Morgan fingerprint density at radius 1 is 1.38 bits per heavy atom. The lowest BCUT2D eigenvalue weighted by Crippen LogP contribution is -2.17. The number of nitrogens with one attached hydrogen (secondary N) is 1. The van der Waals surface area contributed by atoms with Gasteiger partial charge in [-0.2, -0.15) is 18.4 Å². The van der Waals surface area contributed by atoms with Crippen molar-refractivity contribution in [1.82, 2.24) is 4.98 Å². The number of pyridine rings is 1. The van der Waals surface area contributed by atoms with Gasteiger partial charge in [0.2, 0.25) is 5.91 Å². The van der Waals surface area contributed by atoms with Gasteiger partial charge in [0.15, 0.2) is 0 Å². The molecule has 1 aromatic carbocycles. The molecule has 124 valence electrons. The van der Waals surface area contributed by atoms with E-state index in [-0.39, 0.29) is 16.4 Å². The first-order valence-electron chi connectivity index (χ1n) is 6.42. The Labute approximate surface area is 138 Å². The Hall–Kier alpha value is -2.66. The number of aromatic nitrogens is 1. The van der Waals surface area contributed by atoms with Crippen LogP contribution in [0.5, 0.6) is 0 Å². The first-order chi connectivity index (χ1) is 11.2. The lowest BCUT2D eigenvalue weighted by atomic mass is 10.1. The van der Waals surface area contributed by atoms with Crippen molar-refractivity contribution in [2.75, 3.05) is 5.32 Å². The second kappa shape index (κ2) is 6.84. The Morgan fingerprint density at radius 3 is 2.71 bits per heavy atom. The summed E-state index contributed by atoms with van der Waals surface area (Å²) in [6, 6.07) is 5.71. The van der Waals surface area contributed by atoms with E-state index in [4.69, 9.17) is 16.9 Å². The van der Waals surface area contributed by atoms with Gasteiger partial charge in [-0.25, -0.2) is 9.37 Å². The van der Waals surface area contributed by atoms with Crippen molar-refractivity contribution in [1.29, 1.82) is 5.26 Å². The number of nitrogens with zero attached hydrogens (tertiary/aromatic N) is 2. The Kier molecular flexibility index (Phi) is 5.04. The van der Waals surface area contributed by atoms with E-state index >= 15 is 0 Å². The van der Waals surface area contributed by atoms with Gasteiger partial charge < -0.3 is 5.32 Å². The van der Waals surface area contributed by atoms with E-state index < -0.39 is 35.4 Å². The van der Waals surface area contributed by atoms with E-state index in [1.54, 1.807) is 6.07 Å². The molecule has 0 aliphatic carbocycles. The van der Waals surface area contributed by atoms with Crippen molar-refractivity contribution in [2.24, 2.45) is 0 Å². The lowest BCUT2D eigenvalue weighted by Gasteiger charge is -2.11. The fourth-order valence-corrected chi connectivity index (χ4v) is 2.05. The average Bonchev–Trinajstić information content (AvgIpc) is 2.50. The van der Waals surface area contributed by atoms with Crippen molar-refractivity contribution in [2.45, 2.75) is 12.6 Å². The summed E-state index contributed by atoms with van der Waals surface area (Å²) in [4.78, 5) is 15.6. The predicted octanol–water partition coefficient (Wildman–Crippen LogP) is 3.95. The van der Waals surface area contributed by atoms with Crippen LogP contribution in [-0.4, -0.2) is 10.9 Å². The van der Waals surface area contributed by atoms with Crippen LogP contribution in [0, 0.1) is 17.1 Å². The summed E-state index contributed by atoms with van der Waals surface area (Å²) in [6.07, 6.45) is -4.29. The molecule has 2 aromatic rings. The van der Waals surface area contributed by atoms with Crippen LogP contribution in [0.15, 0.2) is 30.5 Å². The van der Waals surface area contributed by atoms with Crippen LogP contribution in [0.25, 0.3) is 0 Å². The molecule has 0 saturated heterocycles. The molecule has 0 spiro atoms. The Morgan fingerprint density at radius 2 is 2.08 bits per heavy atom. The fourth-order valence-electron chi connectivity index (χ4n) is 1.91. The minimum absolute atomic E-state index is 0.0136. The highest BCUT2D eigenvalue weighted by atomic mass is 35.5. The number of nitriles is 1. The maximum Gasteiger partial charge on any atom is 0.419 e. The Balaban J connectivity index is 2.18. The van der Waals surface area contributed by atoms with Crippen molar-refractivity contribution in [3.63, 3.8) is 0 Å². The summed E-state index contributed by atoms with van der Waals surface area (Å²) < 4.78 is 51.8. The van der Waals surface area contributed by atoms with Crippen molar-refractivity contribution in [3.05, 3.63) is 58.1 Å². The van der Waals surface area contributed by atoms with Crippen LogP contribution in [0.4, 0.5) is 23.2 Å². The van der Waals surface area contributed by atoms with Gasteiger partial charge in [0.05, 0.1) is 29.4 Å². The number of hydrogen-bond donors (Lipinski definition) is 1.